The normalized spacial score (nSPS) is 11.5. The van der Waals surface area contributed by atoms with Crippen molar-refractivity contribution in [1.82, 2.24) is 4.31 Å². The number of hydrogen-bond acceptors (Lipinski definition) is 6. The van der Waals surface area contributed by atoms with E-state index in [-0.39, 0.29) is 16.3 Å². The molecule has 0 aliphatic rings. The van der Waals surface area contributed by atoms with Gasteiger partial charge in [-0.2, -0.15) is 4.31 Å². The van der Waals surface area contributed by atoms with Crippen LogP contribution in [0.15, 0.2) is 28.5 Å². The molecule has 0 fully saturated rings. The molecular weight excluding hydrogens is 433 g/mol. The van der Waals surface area contributed by atoms with Gasteiger partial charge in [-0.1, -0.05) is 6.92 Å². The number of methoxy groups -OCH3 is 1. The zero-order chi connectivity index (χ0) is 21.8. The highest BCUT2D eigenvalue weighted by atomic mass is 32.2. The number of rotatable bonds is 8. The molecule has 0 unspecified atom stereocenters. The Labute approximate surface area is 169 Å². The molecule has 1 aromatic carbocycles. The SMILES string of the molecule is CCCN(CC(=O)Nc1ccc(F)c(F)c1F)S(=O)(=O)c1ccsc1C(=O)OC. The first-order valence-corrected chi connectivity index (χ1v) is 10.5. The summed E-state index contributed by atoms with van der Waals surface area (Å²) in [6.07, 6.45) is 0.337. The van der Waals surface area contributed by atoms with Crippen molar-refractivity contribution in [3.8, 4) is 0 Å². The van der Waals surface area contributed by atoms with Crippen LogP contribution in [0.3, 0.4) is 0 Å². The standard InChI is InChI=1S/C17H17F3N2O5S2/c1-3-7-22(29(25,26)12-6-8-28-16(12)17(24)27-2)9-13(23)21-11-5-4-10(18)14(19)15(11)20/h4-6,8H,3,7,9H2,1-2H3,(H,21,23). The lowest BCUT2D eigenvalue weighted by Gasteiger charge is -2.21. The predicted molar refractivity (Wildman–Crippen MR) is 99.7 cm³/mol. The van der Waals surface area contributed by atoms with Crippen LogP contribution >= 0.6 is 11.3 Å². The van der Waals surface area contributed by atoms with Crippen LogP contribution in [0.1, 0.15) is 23.0 Å². The van der Waals surface area contributed by atoms with Crippen molar-refractivity contribution < 1.29 is 35.9 Å². The van der Waals surface area contributed by atoms with Crippen molar-refractivity contribution in [2.24, 2.45) is 0 Å². The third-order valence-electron chi connectivity index (χ3n) is 3.72. The van der Waals surface area contributed by atoms with Gasteiger partial charge in [0.25, 0.3) is 0 Å². The first-order chi connectivity index (χ1) is 13.6. The molecule has 2 aromatic rings. The number of benzene rings is 1. The van der Waals surface area contributed by atoms with E-state index in [1.165, 1.54) is 11.4 Å². The molecule has 158 valence electrons. The minimum absolute atomic E-state index is 0.0769. The molecule has 0 saturated heterocycles. The van der Waals surface area contributed by atoms with E-state index in [4.69, 9.17) is 0 Å². The van der Waals surface area contributed by atoms with Crippen molar-refractivity contribution in [2.45, 2.75) is 18.2 Å². The summed E-state index contributed by atoms with van der Waals surface area (Å²) in [6, 6.07) is 2.66. The van der Waals surface area contributed by atoms with Gasteiger partial charge >= 0.3 is 5.97 Å². The Kier molecular flexibility index (Phi) is 7.38. The molecule has 0 bridgehead atoms. The summed E-state index contributed by atoms with van der Waals surface area (Å²) in [7, 11) is -3.16. The van der Waals surface area contributed by atoms with Crippen LogP contribution in [0.4, 0.5) is 18.9 Å². The van der Waals surface area contributed by atoms with E-state index in [1.807, 2.05) is 5.32 Å². The monoisotopic (exact) mass is 450 g/mol. The Bertz CT molecular complexity index is 1020. The van der Waals surface area contributed by atoms with Gasteiger partial charge in [0.2, 0.25) is 15.9 Å². The van der Waals surface area contributed by atoms with Crippen LogP contribution < -0.4 is 5.32 Å². The van der Waals surface area contributed by atoms with E-state index in [1.54, 1.807) is 6.92 Å². The molecule has 1 heterocycles. The minimum Gasteiger partial charge on any atom is -0.465 e. The maximum absolute atomic E-state index is 13.7. The first-order valence-electron chi connectivity index (χ1n) is 8.22. The van der Waals surface area contributed by atoms with Gasteiger partial charge in [-0.3, -0.25) is 4.79 Å². The zero-order valence-electron chi connectivity index (χ0n) is 15.4. The molecule has 12 heteroatoms. The second-order valence-electron chi connectivity index (χ2n) is 5.72. The summed E-state index contributed by atoms with van der Waals surface area (Å²) in [5, 5.41) is 3.41. The number of halogens is 3. The van der Waals surface area contributed by atoms with E-state index in [0.29, 0.717) is 12.5 Å². The van der Waals surface area contributed by atoms with Crippen LogP contribution in [-0.4, -0.2) is 44.8 Å². The van der Waals surface area contributed by atoms with Gasteiger partial charge in [0.1, 0.15) is 9.77 Å². The second-order valence-corrected chi connectivity index (χ2v) is 8.54. The fourth-order valence-corrected chi connectivity index (χ4v) is 5.18. The number of esters is 1. The van der Waals surface area contributed by atoms with Crippen molar-refractivity contribution >= 4 is 38.9 Å². The lowest BCUT2D eigenvalue weighted by molar-refractivity contribution is -0.116. The number of sulfonamides is 1. The molecule has 1 N–H and O–H groups in total. The summed E-state index contributed by atoms with van der Waals surface area (Å²) in [4.78, 5) is 23.6. The third-order valence-corrected chi connectivity index (χ3v) is 6.63. The lowest BCUT2D eigenvalue weighted by Crippen LogP contribution is -2.39. The summed E-state index contributed by atoms with van der Waals surface area (Å²) >= 11 is 0.863. The summed E-state index contributed by atoms with van der Waals surface area (Å²) in [5.41, 5.74) is -0.631. The van der Waals surface area contributed by atoms with E-state index >= 15 is 0 Å². The molecule has 29 heavy (non-hydrogen) atoms. The van der Waals surface area contributed by atoms with E-state index in [2.05, 4.69) is 4.74 Å². The van der Waals surface area contributed by atoms with Crippen molar-refractivity contribution in [3.63, 3.8) is 0 Å². The van der Waals surface area contributed by atoms with Crippen LogP contribution in [0.25, 0.3) is 0 Å². The van der Waals surface area contributed by atoms with Crippen molar-refractivity contribution in [3.05, 3.63) is 45.9 Å². The molecule has 0 atom stereocenters. The molecule has 0 saturated carbocycles. The summed E-state index contributed by atoms with van der Waals surface area (Å²) < 4.78 is 71.3. The van der Waals surface area contributed by atoms with Gasteiger partial charge in [0.05, 0.1) is 19.3 Å². The average Bonchev–Trinajstić information content (AvgIpc) is 3.18. The van der Waals surface area contributed by atoms with Gasteiger partial charge in [-0.25, -0.2) is 26.4 Å². The molecular formula is C17H17F3N2O5S2. The van der Waals surface area contributed by atoms with Gasteiger partial charge in [0.15, 0.2) is 17.5 Å². The molecule has 7 nitrogen and oxygen atoms in total. The average molecular weight is 450 g/mol. The molecule has 0 spiro atoms. The summed E-state index contributed by atoms with van der Waals surface area (Å²) in [6.45, 7) is 0.863. The Balaban J connectivity index is 2.28. The Morgan fingerprint density at radius 1 is 1.17 bits per heavy atom. The second kappa shape index (κ2) is 9.37. The molecule has 0 aliphatic heterocycles. The Morgan fingerprint density at radius 2 is 1.86 bits per heavy atom. The number of ether oxygens (including phenoxy) is 1. The molecule has 0 radical (unpaired) electrons. The lowest BCUT2D eigenvalue weighted by atomic mass is 10.2. The quantitative estimate of drug-likeness (QED) is 0.493. The zero-order valence-corrected chi connectivity index (χ0v) is 17.0. The number of carbonyl (C=O) groups excluding carboxylic acids is 2. The number of nitrogens with one attached hydrogen (secondary N) is 1. The van der Waals surface area contributed by atoms with Crippen LogP contribution in [0, 0.1) is 17.5 Å². The number of amides is 1. The fraction of sp³-hybridized carbons (Fsp3) is 0.294. The number of hydrogen-bond donors (Lipinski definition) is 1. The molecule has 2 rings (SSSR count). The van der Waals surface area contributed by atoms with Crippen molar-refractivity contribution in [1.29, 1.82) is 0 Å². The topological polar surface area (TPSA) is 92.8 Å². The van der Waals surface area contributed by atoms with Gasteiger partial charge in [-0.05, 0) is 30.0 Å². The number of anilines is 1. The van der Waals surface area contributed by atoms with Crippen LogP contribution in [0.5, 0.6) is 0 Å². The Hall–Kier alpha value is -2.44. The van der Waals surface area contributed by atoms with Gasteiger partial charge in [-0.15, -0.1) is 11.3 Å². The Morgan fingerprint density at radius 3 is 2.48 bits per heavy atom. The number of thiophene rings is 1. The van der Waals surface area contributed by atoms with Crippen LogP contribution in [0.2, 0.25) is 0 Å². The third kappa shape index (κ3) is 4.95. The number of nitrogens with zero attached hydrogens (tertiary/aromatic N) is 1. The largest absolute Gasteiger partial charge is 0.465 e. The summed E-state index contributed by atoms with van der Waals surface area (Å²) in [5.74, 6) is -6.61. The van der Waals surface area contributed by atoms with Gasteiger partial charge in [0, 0.05) is 6.54 Å². The van der Waals surface area contributed by atoms with E-state index in [9.17, 15) is 31.2 Å². The first kappa shape index (κ1) is 22.8. The molecule has 1 amide bonds. The molecule has 0 aliphatic carbocycles. The highest BCUT2D eigenvalue weighted by Gasteiger charge is 2.31. The van der Waals surface area contributed by atoms with Gasteiger partial charge < -0.3 is 10.1 Å². The van der Waals surface area contributed by atoms with E-state index in [0.717, 1.165) is 28.8 Å². The van der Waals surface area contributed by atoms with Crippen LogP contribution in [-0.2, 0) is 19.6 Å². The predicted octanol–water partition coefficient (Wildman–Crippen LogP) is 2.99. The smallest absolute Gasteiger partial charge is 0.349 e. The highest BCUT2D eigenvalue weighted by molar-refractivity contribution is 7.89. The minimum atomic E-state index is -4.26. The van der Waals surface area contributed by atoms with E-state index < -0.39 is 51.6 Å². The molecule has 1 aromatic heterocycles. The van der Waals surface area contributed by atoms with Crippen molar-refractivity contribution in [2.75, 3.05) is 25.5 Å². The number of carbonyl (C=O) groups is 2. The highest BCUT2D eigenvalue weighted by Crippen LogP contribution is 2.26. The fourth-order valence-electron chi connectivity index (χ4n) is 2.39. The maximum Gasteiger partial charge on any atom is 0.349 e. The maximum atomic E-state index is 13.7.